The molecule has 0 N–H and O–H groups in total. The molecule has 7 heteroatoms. The van der Waals surface area contributed by atoms with Gasteiger partial charge < -0.3 is 4.90 Å². The molecule has 78 valence electrons. The van der Waals surface area contributed by atoms with Crippen molar-refractivity contribution in [3.63, 3.8) is 0 Å². The summed E-state index contributed by atoms with van der Waals surface area (Å²) < 4.78 is 1.05. The van der Waals surface area contributed by atoms with E-state index < -0.39 is 0 Å². The topological polar surface area (TPSA) is 52.3 Å². The second kappa shape index (κ2) is 5.14. The zero-order valence-corrected chi connectivity index (χ0v) is 11.5. The van der Waals surface area contributed by atoms with Gasteiger partial charge in [-0.25, -0.2) is 4.98 Å². The molecule has 2 rings (SSSR count). The molecule has 0 aromatic carbocycles. The van der Waals surface area contributed by atoms with Crippen LogP contribution >= 0.6 is 45.7 Å². The first-order chi connectivity index (χ1) is 7.29. The third-order valence-electron chi connectivity index (χ3n) is 1.88. The van der Waals surface area contributed by atoms with Crippen LogP contribution < -0.4 is 0 Å². The average Bonchev–Trinajstić information content (AvgIpc) is 2.78. The van der Waals surface area contributed by atoms with Crippen molar-refractivity contribution >= 4 is 50.9 Å². The van der Waals surface area contributed by atoms with Gasteiger partial charge in [0, 0.05) is 23.4 Å². The lowest BCUT2D eigenvalue weighted by atomic mass is 10.5. The van der Waals surface area contributed by atoms with Crippen LogP contribution in [0.5, 0.6) is 0 Å². The summed E-state index contributed by atoms with van der Waals surface area (Å²) in [7, 11) is 0. The number of nitrogens with zero attached hydrogens (tertiary/aromatic N) is 4. The Morgan fingerprint density at radius 3 is 3.27 bits per heavy atom. The predicted octanol–water partition coefficient (Wildman–Crippen LogP) is 2.13. The molecule has 0 bridgehead atoms. The first kappa shape index (κ1) is 11.2. The zero-order chi connectivity index (χ0) is 10.7. The molecule has 1 fully saturated rings. The summed E-state index contributed by atoms with van der Waals surface area (Å²) in [6, 6.07) is 0. The van der Waals surface area contributed by atoms with Crippen LogP contribution in [0.15, 0.2) is 11.2 Å². The third kappa shape index (κ3) is 2.83. The predicted molar refractivity (Wildman–Crippen MR) is 70.7 cm³/mol. The Kier molecular flexibility index (Phi) is 3.82. The van der Waals surface area contributed by atoms with Gasteiger partial charge in [-0.15, -0.1) is 16.3 Å². The van der Waals surface area contributed by atoms with Crippen molar-refractivity contribution in [1.29, 1.82) is 5.26 Å². The van der Waals surface area contributed by atoms with Crippen LogP contribution in [0.1, 0.15) is 4.88 Å². The van der Waals surface area contributed by atoms with Crippen LogP contribution in [0.25, 0.3) is 0 Å². The number of halogens is 1. The molecule has 0 saturated carbocycles. The Labute approximate surface area is 110 Å². The Morgan fingerprint density at radius 1 is 1.73 bits per heavy atom. The maximum absolute atomic E-state index is 8.53. The van der Waals surface area contributed by atoms with Gasteiger partial charge in [0.05, 0.1) is 6.54 Å². The van der Waals surface area contributed by atoms with Crippen molar-refractivity contribution in [2.24, 2.45) is 4.99 Å². The van der Waals surface area contributed by atoms with Crippen LogP contribution in [0.4, 0.5) is 0 Å². The third-order valence-corrected chi connectivity index (χ3v) is 4.58. The van der Waals surface area contributed by atoms with Gasteiger partial charge in [-0.3, -0.25) is 0 Å². The minimum atomic E-state index is 0.814. The number of hydrogen-bond donors (Lipinski definition) is 0. The number of aromatic nitrogens is 1. The van der Waals surface area contributed by atoms with E-state index in [1.54, 1.807) is 23.1 Å². The minimum Gasteiger partial charge on any atom is -0.345 e. The molecular weight excluding hydrogens is 343 g/mol. The summed E-state index contributed by atoms with van der Waals surface area (Å²) in [5.74, 6) is 1.01. The highest BCUT2D eigenvalue weighted by molar-refractivity contribution is 14.1. The van der Waals surface area contributed by atoms with Crippen molar-refractivity contribution < 1.29 is 0 Å². The normalized spacial score (nSPS) is 18.4. The summed E-state index contributed by atoms with van der Waals surface area (Å²) in [6.07, 6.45) is 3.73. The number of nitriles is 1. The lowest BCUT2D eigenvalue weighted by Crippen LogP contribution is -2.23. The first-order valence-corrected chi connectivity index (χ1v) is 7.12. The van der Waals surface area contributed by atoms with E-state index in [0.717, 1.165) is 27.0 Å². The zero-order valence-electron chi connectivity index (χ0n) is 7.68. The summed E-state index contributed by atoms with van der Waals surface area (Å²) in [4.78, 5) is 11.3. The summed E-state index contributed by atoms with van der Waals surface area (Å²) in [5.41, 5.74) is 0. The number of thioether (sulfide) groups is 1. The van der Waals surface area contributed by atoms with Gasteiger partial charge in [0.1, 0.15) is 0 Å². The van der Waals surface area contributed by atoms with E-state index >= 15 is 0 Å². The number of hydrogen-bond acceptors (Lipinski definition) is 5. The number of amidine groups is 1. The smallest absolute Gasteiger partial charge is 0.208 e. The molecular formula is C8H7IN4S2. The monoisotopic (exact) mass is 350 g/mol. The molecule has 0 amide bonds. The van der Waals surface area contributed by atoms with Gasteiger partial charge in [0.15, 0.2) is 8.18 Å². The molecule has 1 aliphatic rings. The maximum atomic E-state index is 8.53. The highest BCUT2D eigenvalue weighted by Gasteiger charge is 2.20. The molecule has 0 atom stereocenters. The van der Waals surface area contributed by atoms with Gasteiger partial charge >= 0.3 is 0 Å². The molecule has 4 nitrogen and oxygen atoms in total. The van der Waals surface area contributed by atoms with E-state index in [0.29, 0.717) is 0 Å². The van der Waals surface area contributed by atoms with Gasteiger partial charge in [-0.1, -0.05) is 11.8 Å². The standard InChI is InChI=1S/C8H7IN4S2/c9-7-11-3-6(15-7)4-13-1-2-14-8(13)12-5-10/h3H,1-2,4H2. The fraction of sp³-hybridized carbons (Fsp3) is 0.375. The van der Waals surface area contributed by atoms with E-state index in [4.69, 9.17) is 5.26 Å². The minimum absolute atomic E-state index is 0.814. The summed E-state index contributed by atoms with van der Waals surface area (Å²) in [6.45, 7) is 1.77. The Bertz CT molecular complexity index is 423. The molecule has 1 saturated heterocycles. The molecule has 0 radical (unpaired) electrons. The Morgan fingerprint density at radius 2 is 2.60 bits per heavy atom. The fourth-order valence-corrected chi connectivity index (χ4v) is 3.84. The van der Waals surface area contributed by atoms with Crippen molar-refractivity contribution in [3.05, 3.63) is 14.1 Å². The largest absolute Gasteiger partial charge is 0.345 e. The van der Waals surface area contributed by atoms with Crippen molar-refractivity contribution in [1.82, 2.24) is 9.88 Å². The quantitative estimate of drug-likeness (QED) is 0.606. The van der Waals surface area contributed by atoms with Crippen molar-refractivity contribution in [2.45, 2.75) is 6.54 Å². The van der Waals surface area contributed by atoms with Crippen LogP contribution in [0, 0.1) is 14.5 Å². The van der Waals surface area contributed by atoms with E-state index in [1.807, 2.05) is 12.4 Å². The van der Waals surface area contributed by atoms with Crippen molar-refractivity contribution in [3.8, 4) is 6.19 Å². The van der Waals surface area contributed by atoms with Gasteiger partial charge in [-0.2, -0.15) is 5.26 Å². The highest BCUT2D eigenvalue weighted by atomic mass is 127. The fourth-order valence-electron chi connectivity index (χ4n) is 1.27. The van der Waals surface area contributed by atoms with Crippen LogP contribution in [-0.4, -0.2) is 27.3 Å². The maximum Gasteiger partial charge on any atom is 0.208 e. The van der Waals surface area contributed by atoms with Crippen LogP contribution in [-0.2, 0) is 6.54 Å². The molecule has 15 heavy (non-hydrogen) atoms. The summed E-state index contributed by atoms with van der Waals surface area (Å²) in [5, 5.41) is 9.36. The summed E-state index contributed by atoms with van der Waals surface area (Å²) >= 11 is 5.53. The van der Waals surface area contributed by atoms with Gasteiger partial charge in [0.2, 0.25) is 6.19 Å². The first-order valence-electron chi connectivity index (χ1n) is 4.24. The number of aliphatic imine (C=N–C) groups is 1. The molecule has 1 aromatic rings. The SMILES string of the molecule is N#CN=C1SCCN1Cc1cnc(I)s1. The molecule has 2 heterocycles. The molecule has 0 aliphatic carbocycles. The Hall–Kier alpha value is -0.330. The van der Waals surface area contributed by atoms with Gasteiger partial charge in [0.25, 0.3) is 0 Å². The average molecular weight is 350 g/mol. The van der Waals surface area contributed by atoms with Gasteiger partial charge in [-0.05, 0) is 22.6 Å². The van der Waals surface area contributed by atoms with E-state index in [-0.39, 0.29) is 0 Å². The number of thiazole rings is 1. The van der Waals surface area contributed by atoms with E-state index in [9.17, 15) is 0 Å². The Balaban J connectivity index is 2.06. The second-order valence-corrected chi connectivity index (χ2v) is 6.77. The number of rotatable bonds is 2. The lowest BCUT2D eigenvalue weighted by Gasteiger charge is -2.14. The van der Waals surface area contributed by atoms with Crippen molar-refractivity contribution in [2.75, 3.05) is 12.3 Å². The lowest BCUT2D eigenvalue weighted by molar-refractivity contribution is 0.461. The van der Waals surface area contributed by atoms with Crippen LogP contribution in [0.2, 0.25) is 0 Å². The molecule has 1 aliphatic heterocycles. The second-order valence-electron chi connectivity index (χ2n) is 2.84. The van der Waals surface area contributed by atoms with E-state index in [1.165, 1.54) is 4.88 Å². The molecule has 0 spiro atoms. The molecule has 0 unspecified atom stereocenters. The van der Waals surface area contributed by atoms with Crippen LogP contribution in [0.3, 0.4) is 0 Å². The molecule has 1 aromatic heterocycles. The highest BCUT2D eigenvalue weighted by Crippen LogP contribution is 2.23. The van der Waals surface area contributed by atoms with E-state index in [2.05, 4.69) is 37.5 Å².